The van der Waals surface area contributed by atoms with Crippen LogP contribution >= 0.6 is 0 Å². The van der Waals surface area contributed by atoms with Crippen LogP contribution in [0.1, 0.15) is 34.1 Å². The predicted molar refractivity (Wildman–Crippen MR) is 85.8 cm³/mol. The lowest BCUT2D eigenvalue weighted by molar-refractivity contribution is -0.117. The topological polar surface area (TPSA) is 73.6 Å². The highest BCUT2D eigenvalue weighted by atomic mass is 16.5. The average molecular weight is 294 g/mol. The van der Waals surface area contributed by atoms with Crippen molar-refractivity contribution in [3.8, 4) is 11.5 Å². The van der Waals surface area contributed by atoms with Crippen LogP contribution < -0.4 is 20.5 Å². The minimum atomic E-state index is -0.0589. The summed E-state index contributed by atoms with van der Waals surface area (Å²) in [7, 11) is 3.09. The van der Waals surface area contributed by atoms with Crippen molar-refractivity contribution in [2.45, 2.75) is 34.1 Å². The molecule has 1 aromatic rings. The molecule has 0 aliphatic heterocycles. The zero-order chi connectivity index (χ0) is 16.2. The smallest absolute Gasteiger partial charge is 0.224 e. The Hall–Kier alpha value is -1.91. The van der Waals surface area contributed by atoms with Crippen molar-refractivity contribution >= 4 is 17.3 Å². The Kier molecular flexibility index (Phi) is 5.47. The number of carbonyl (C=O) groups excluding carboxylic acids is 1. The van der Waals surface area contributed by atoms with Crippen LogP contribution in [-0.4, -0.2) is 20.1 Å². The summed E-state index contributed by atoms with van der Waals surface area (Å²) in [6.07, 6.45) is 0.442. The van der Waals surface area contributed by atoms with Crippen LogP contribution in [0.15, 0.2) is 12.1 Å². The molecule has 1 unspecified atom stereocenters. The second kappa shape index (κ2) is 6.70. The van der Waals surface area contributed by atoms with E-state index in [1.165, 1.54) is 0 Å². The minimum Gasteiger partial charge on any atom is -0.493 e. The molecule has 0 saturated carbocycles. The molecule has 0 saturated heterocycles. The number of amides is 1. The quantitative estimate of drug-likeness (QED) is 0.817. The fraction of sp³-hybridized carbons (Fsp3) is 0.562. The number of carbonyl (C=O) groups is 1. The van der Waals surface area contributed by atoms with Crippen molar-refractivity contribution in [3.63, 3.8) is 0 Å². The molecule has 0 aliphatic rings. The van der Waals surface area contributed by atoms with Gasteiger partial charge in [-0.1, -0.05) is 27.7 Å². The third-order valence-electron chi connectivity index (χ3n) is 3.80. The molecular weight excluding hydrogens is 268 g/mol. The molecule has 1 rings (SSSR count). The Morgan fingerprint density at radius 1 is 1.24 bits per heavy atom. The molecule has 5 heteroatoms. The number of nitrogens with two attached hydrogens (primary N) is 1. The maximum Gasteiger partial charge on any atom is 0.224 e. The van der Waals surface area contributed by atoms with Gasteiger partial charge in [-0.15, -0.1) is 0 Å². The highest BCUT2D eigenvalue weighted by molar-refractivity contribution is 5.94. The van der Waals surface area contributed by atoms with Gasteiger partial charge >= 0.3 is 0 Å². The lowest BCUT2D eigenvalue weighted by Gasteiger charge is -2.26. The van der Waals surface area contributed by atoms with E-state index in [0.29, 0.717) is 29.3 Å². The van der Waals surface area contributed by atoms with Crippen molar-refractivity contribution in [2.24, 2.45) is 11.3 Å². The summed E-state index contributed by atoms with van der Waals surface area (Å²) < 4.78 is 10.4. The number of hydrogen-bond donors (Lipinski definition) is 2. The zero-order valence-corrected chi connectivity index (χ0v) is 13.7. The van der Waals surface area contributed by atoms with Gasteiger partial charge in [0.25, 0.3) is 0 Å². The zero-order valence-electron chi connectivity index (χ0n) is 13.7. The number of ether oxygens (including phenoxy) is 2. The van der Waals surface area contributed by atoms with E-state index in [-0.39, 0.29) is 17.2 Å². The van der Waals surface area contributed by atoms with E-state index in [2.05, 4.69) is 33.0 Å². The van der Waals surface area contributed by atoms with Gasteiger partial charge in [0, 0.05) is 18.6 Å². The van der Waals surface area contributed by atoms with Gasteiger partial charge in [0.05, 0.1) is 25.6 Å². The molecular formula is C16H26N2O3. The van der Waals surface area contributed by atoms with E-state index < -0.39 is 0 Å². The maximum absolute atomic E-state index is 12.1. The Morgan fingerprint density at radius 3 is 2.24 bits per heavy atom. The van der Waals surface area contributed by atoms with Crippen molar-refractivity contribution in [3.05, 3.63) is 12.1 Å². The van der Waals surface area contributed by atoms with Crippen LogP contribution in [0.5, 0.6) is 11.5 Å². The summed E-state index contributed by atoms with van der Waals surface area (Å²) >= 11 is 0. The lowest BCUT2D eigenvalue weighted by atomic mass is 9.80. The Bertz CT molecular complexity index is 507. The number of anilines is 2. The first kappa shape index (κ1) is 17.1. The average Bonchev–Trinajstić information content (AvgIpc) is 2.39. The van der Waals surface area contributed by atoms with E-state index in [9.17, 15) is 4.79 Å². The molecule has 0 fully saturated rings. The van der Waals surface area contributed by atoms with Gasteiger partial charge < -0.3 is 20.5 Å². The van der Waals surface area contributed by atoms with Gasteiger partial charge in [-0.25, -0.2) is 0 Å². The minimum absolute atomic E-state index is 0.0589. The predicted octanol–water partition coefficient (Wildman–Crippen LogP) is 3.30. The summed E-state index contributed by atoms with van der Waals surface area (Å²) in [5.74, 6) is 1.28. The van der Waals surface area contributed by atoms with E-state index in [1.807, 2.05) is 0 Å². The number of hydrogen-bond acceptors (Lipinski definition) is 4. The van der Waals surface area contributed by atoms with Gasteiger partial charge in [0.15, 0.2) is 11.5 Å². The molecule has 0 spiro atoms. The second-order valence-electron chi connectivity index (χ2n) is 6.31. The molecule has 0 bridgehead atoms. The van der Waals surface area contributed by atoms with Crippen LogP contribution in [0.4, 0.5) is 11.4 Å². The van der Waals surface area contributed by atoms with E-state index in [4.69, 9.17) is 15.2 Å². The second-order valence-corrected chi connectivity index (χ2v) is 6.31. The Balaban J connectivity index is 2.86. The Morgan fingerprint density at radius 2 is 1.76 bits per heavy atom. The van der Waals surface area contributed by atoms with Crippen LogP contribution in [0.2, 0.25) is 0 Å². The number of nitrogen functional groups attached to an aromatic ring is 1. The first-order valence-electron chi connectivity index (χ1n) is 7.00. The highest BCUT2D eigenvalue weighted by Gasteiger charge is 2.23. The number of benzene rings is 1. The highest BCUT2D eigenvalue weighted by Crippen LogP contribution is 2.35. The van der Waals surface area contributed by atoms with E-state index >= 15 is 0 Å². The molecule has 0 aliphatic carbocycles. The number of nitrogens with one attached hydrogen (secondary N) is 1. The molecule has 0 aromatic heterocycles. The number of rotatable bonds is 5. The van der Waals surface area contributed by atoms with Crippen molar-refractivity contribution in [1.29, 1.82) is 0 Å². The summed E-state index contributed by atoms with van der Waals surface area (Å²) in [6, 6.07) is 3.31. The molecule has 0 radical (unpaired) electrons. The lowest BCUT2D eigenvalue weighted by Crippen LogP contribution is -2.24. The monoisotopic (exact) mass is 294 g/mol. The fourth-order valence-electron chi connectivity index (χ4n) is 1.79. The summed E-state index contributed by atoms with van der Waals surface area (Å²) in [6.45, 7) is 8.43. The molecule has 21 heavy (non-hydrogen) atoms. The molecule has 118 valence electrons. The van der Waals surface area contributed by atoms with Gasteiger partial charge in [0.1, 0.15) is 0 Å². The third kappa shape index (κ3) is 4.55. The third-order valence-corrected chi connectivity index (χ3v) is 3.80. The molecule has 3 N–H and O–H groups in total. The van der Waals surface area contributed by atoms with Crippen molar-refractivity contribution in [1.82, 2.24) is 0 Å². The normalized spacial score (nSPS) is 12.7. The van der Waals surface area contributed by atoms with Gasteiger partial charge in [-0.05, 0) is 11.3 Å². The molecule has 5 nitrogen and oxygen atoms in total. The summed E-state index contributed by atoms with van der Waals surface area (Å²) in [4.78, 5) is 12.1. The first-order valence-corrected chi connectivity index (χ1v) is 7.00. The van der Waals surface area contributed by atoms with E-state index in [1.54, 1.807) is 26.4 Å². The molecule has 0 heterocycles. The standard InChI is InChI=1S/C16H26N2O3/c1-10(16(2,3)4)7-15(19)18-12-9-14(21-6)13(20-5)8-11(12)17/h8-10H,7,17H2,1-6H3,(H,18,19). The van der Waals surface area contributed by atoms with Gasteiger partial charge in [-0.2, -0.15) is 0 Å². The Labute approximate surface area is 126 Å². The molecule has 1 aromatic carbocycles. The van der Waals surface area contributed by atoms with E-state index in [0.717, 1.165) is 0 Å². The SMILES string of the molecule is COc1cc(N)c(NC(=O)CC(C)C(C)(C)C)cc1OC. The largest absolute Gasteiger partial charge is 0.493 e. The van der Waals surface area contributed by atoms with Crippen LogP contribution in [0, 0.1) is 11.3 Å². The van der Waals surface area contributed by atoms with Crippen molar-refractivity contribution < 1.29 is 14.3 Å². The van der Waals surface area contributed by atoms with Crippen LogP contribution in [-0.2, 0) is 4.79 Å². The van der Waals surface area contributed by atoms with Crippen LogP contribution in [0.3, 0.4) is 0 Å². The fourth-order valence-corrected chi connectivity index (χ4v) is 1.79. The summed E-state index contributed by atoms with van der Waals surface area (Å²) in [5, 5.41) is 2.84. The maximum atomic E-state index is 12.1. The number of methoxy groups -OCH3 is 2. The van der Waals surface area contributed by atoms with Gasteiger partial charge in [0.2, 0.25) is 5.91 Å². The summed E-state index contributed by atoms with van der Waals surface area (Å²) in [5.41, 5.74) is 7.01. The van der Waals surface area contributed by atoms with Crippen LogP contribution in [0.25, 0.3) is 0 Å². The van der Waals surface area contributed by atoms with Gasteiger partial charge in [-0.3, -0.25) is 4.79 Å². The molecule has 1 atom stereocenters. The first-order chi connectivity index (χ1) is 9.68. The van der Waals surface area contributed by atoms with Crippen molar-refractivity contribution in [2.75, 3.05) is 25.3 Å². The molecule has 1 amide bonds.